The van der Waals surface area contributed by atoms with Gasteiger partial charge in [0.1, 0.15) is 0 Å². The lowest BCUT2D eigenvalue weighted by atomic mass is 9.65. The van der Waals surface area contributed by atoms with Crippen LogP contribution in [0.25, 0.3) is 11.1 Å². The van der Waals surface area contributed by atoms with Gasteiger partial charge in [0.15, 0.2) is 0 Å². The summed E-state index contributed by atoms with van der Waals surface area (Å²) in [5.74, 6) is 0.805. The molecule has 0 saturated carbocycles. The standard InChI is InChI=1S/C25H16Br2/c26-15-9-11-19-17-5-1-3-7-21(17)25(23(19)13-15)22-8-4-2-6-18(22)20-12-10-16(27)14-24(20)25/h1-14,17,21H. The molecule has 0 N–H and O–H groups in total. The second-order valence-corrected chi connectivity index (χ2v) is 9.43. The van der Waals surface area contributed by atoms with Crippen LogP contribution in [-0.2, 0) is 5.41 Å². The Morgan fingerprint density at radius 1 is 0.667 bits per heavy atom. The highest BCUT2D eigenvalue weighted by Crippen LogP contribution is 2.65. The molecule has 0 aromatic heterocycles. The van der Waals surface area contributed by atoms with Gasteiger partial charge < -0.3 is 0 Å². The monoisotopic (exact) mass is 474 g/mol. The molecule has 0 aliphatic heterocycles. The predicted molar refractivity (Wildman–Crippen MR) is 118 cm³/mol. The summed E-state index contributed by atoms with van der Waals surface area (Å²) in [7, 11) is 0. The van der Waals surface area contributed by atoms with Gasteiger partial charge in [-0.2, -0.15) is 0 Å². The summed E-state index contributed by atoms with van der Waals surface area (Å²) in [5.41, 5.74) is 8.34. The molecule has 130 valence electrons. The van der Waals surface area contributed by atoms with Gasteiger partial charge in [0, 0.05) is 20.8 Å². The van der Waals surface area contributed by atoms with E-state index in [4.69, 9.17) is 0 Å². The topological polar surface area (TPSA) is 0 Å². The first-order chi connectivity index (χ1) is 13.2. The molecule has 0 radical (unpaired) electrons. The van der Waals surface area contributed by atoms with E-state index in [-0.39, 0.29) is 5.41 Å². The Labute approximate surface area is 175 Å². The van der Waals surface area contributed by atoms with Crippen LogP contribution in [0.5, 0.6) is 0 Å². The maximum Gasteiger partial charge on any atom is 0.0538 e. The van der Waals surface area contributed by atoms with Gasteiger partial charge in [0.2, 0.25) is 0 Å². The Kier molecular flexibility index (Phi) is 3.31. The largest absolute Gasteiger partial charge is 0.0789 e. The summed E-state index contributed by atoms with van der Waals surface area (Å²) in [6, 6.07) is 22.6. The molecular weight excluding hydrogens is 460 g/mol. The van der Waals surface area contributed by atoms with E-state index in [1.807, 2.05) is 0 Å². The highest BCUT2D eigenvalue weighted by atomic mass is 79.9. The highest BCUT2D eigenvalue weighted by Gasteiger charge is 2.56. The molecule has 3 aromatic carbocycles. The number of halogens is 2. The van der Waals surface area contributed by atoms with Crippen LogP contribution in [0.1, 0.15) is 28.2 Å². The van der Waals surface area contributed by atoms with E-state index in [1.165, 1.54) is 33.4 Å². The number of hydrogen-bond acceptors (Lipinski definition) is 0. The zero-order chi connectivity index (χ0) is 18.2. The van der Waals surface area contributed by atoms with Crippen molar-refractivity contribution < 1.29 is 0 Å². The fourth-order valence-electron chi connectivity index (χ4n) is 5.59. The zero-order valence-electron chi connectivity index (χ0n) is 14.5. The van der Waals surface area contributed by atoms with E-state index in [0.717, 1.165) is 8.95 Å². The summed E-state index contributed by atoms with van der Waals surface area (Å²) in [5, 5.41) is 0. The second kappa shape index (κ2) is 5.56. The van der Waals surface area contributed by atoms with Gasteiger partial charge in [-0.3, -0.25) is 0 Å². The fraction of sp³-hybridized carbons (Fsp3) is 0.120. The Morgan fingerprint density at radius 3 is 2.26 bits per heavy atom. The molecule has 0 nitrogen and oxygen atoms in total. The van der Waals surface area contributed by atoms with Crippen LogP contribution in [-0.4, -0.2) is 0 Å². The second-order valence-electron chi connectivity index (χ2n) is 7.60. The first-order valence-corrected chi connectivity index (χ1v) is 10.8. The quantitative estimate of drug-likeness (QED) is 0.318. The predicted octanol–water partition coefficient (Wildman–Crippen LogP) is 7.37. The van der Waals surface area contributed by atoms with Crippen molar-refractivity contribution >= 4 is 31.9 Å². The van der Waals surface area contributed by atoms with Crippen LogP contribution in [0, 0.1) is 5.92 Å². The third-order valence-electron chi connectivity index (χ3n) is 6.48. The minimum atomic E-state index is -0.138. The average Bonchev–Trinajstić information content (AvgIpc) is 3.14. The maximum absolute atomic E-state index is 3.74. The summed E-state index contributed by atoms with van der Waals surface area (Å²) >= 11 is 7.49. The molecule has 3 atom stereocenters. The molecule has 3 aromatic rings. The SMILES string of the molecule is Brc1ccc2c(c1)C1(c3ccccc3-2)c2cc(Br)ccc2C2C=CC=CC21. The minimum absolute atomic E-state index is 0.138. The zero-order valence-corrected chi connectivity index (χ0v) is 17.7. The third-order valence-corrected chi connectivity index (χ3v) is 7.47. The molecule has 3 unspecified atom stereocenters. The van der Waals surface area contributed by atoms with E-state index in [2.05, 4.69) is 117 Å². The lowest BCUT2D eigenvalue weighted by molar-refractivity contribution is 0.465. The van der Waals surface area contributed by atoms with E-state index in [0.29, 0.717) is 11.8 Å². The molecule has 27 heavy (non-hydrogen) atoms. The van der Waals surface area contributed by atoms with Crippen molar-refractivity contribution in [1.29, 1.82) is 0 Å². The van der Waals surface area contributed by atoms with Crippen LogP contribution in [0.4, 0.5) is 0 Å². The van der Waals surface area contributed by atoms with Crippen LogP contribution in [0.3, 0.4) is 0 Å². The van der Waals surface area contributed by atoms with Gasteiger partial charge in [-0.15, -0.1) is 0 Å². The van der Waals surface area contributed by atoms with Crippen molar-refractivity contribution in [2.75, 3.05) is 0 Å². The molecule has 1 spiro atoms. The Morgan fingerprint density at radius 2 is 1.37 bits per heavy atom. The van der Waals surface area contributed by atoms with Gasteiger partial charge in [-0.05, 0) is 57.6 Å². The fourth-order valence-corrected chi connectivity index (χ4v) is 6.31. The Balaban J connectivity index is 1.81. The van der Waals surface area contributed by atoms with E-state index in [1.54, 1.807) is 0 Å². The smallest absolute Gasteiger partial charge is 0.0538 e. The lowest BCUT2D eigenvalue weighted by Crippen LogP contribution is -2.33. The summed E-state index contributed by atoms with van der Waals surface area (Å²) < 4.78 is 2.29. The molecule has 6 rings (SSSR count). The van der Waals surface area contributed by atoms with Crippen molar-refractivity contribution in [3.8, 4) is 11.1 Å². The molecule has 2 heteroatoms. The molecule has 0 bridgehead atoms. The van der Waals surface area contributed by atoms with Gasteiger partial charge in [0.25, 0.3) is 0 Å². The van der Waals surface area contributed by atoms with Crippen molar-refractivity contribution in [3.05, 3.63) is 116 Å². The first-order valence-electron chi connectivity index (χ1n) is 9.26. The van der Waals surface area contributed by atoms with Crippen molar-refractivity contribution in [2.24, 2.45) is 5.92 Å². The molecule has 0 amide bonds. The van der Waals surface area contributed by atoms with Crippen molar-refractivity contribution in [3.63, 3.8) is 0 Å². The number of fused-ring (bicyclic) bond motifs is 10. The van der Waals surface area contributed by atoms with E-state index < -0.39 is 0 Å². The van der Waals surface area contributed by atoms with Crippen molar-refractivity contribution in [2.45, 2.75) is 11.3 Å². The summed E-state index contributed by atoms with van der Waals surface area (Å²) in [4.78, 5) is 0. The number of rotatable bonds is 0. The number of allylic oxidation sites excluding steroid dienone is 4. The van der Waals surface area contributed by atoms with Crippen molar-refractivity contribution in [1.82, 2.24) is 0 Å². The third kappa shape index (κ3) is 1.93. The summed E-state index contributed by atoms with van der Waals surface area (Å²) in [6.07, 6.45) is 9.23. The van der Waals surface area contributed by atoms with Gasteiger partial charge in [-0.1, -0.05) is 92.6 Å². The van der Waals surface area contributed by atoms with Gasteiger partial charge in [0.05, 0.1) is 5.41 Å². The minimum Gasteiger partial charge on any atom is -0.0789 e. The number of benzene rings is 3. The first kappa shape index (κ1) is 16.1. The normalized spacial score (nSPS) is 26.0. The van der Waals surface area contributed by atoms with Crippen LogP contribution in [0.2, 0.25) is 0 Å². The van der Waals surface area contributed by atoms with Crippen LogP contribution >= 0.6 is 31.9 Å². The molecule has 3 aliphatic carbocycles. The Bertz CT molecular complexity index is 1170. The Hall–Kier alpha value is -1.90. The van der Waals surface area contributed by atoms with Crippen LogP contribution in [0.15, 0.2) is 93.9 Å². The van der Waals surface area contributed by atoms with E-state index in [9.17, 15) is 0 Å². The number of hydrogen-bond donors (Lipinski definition) is 0. The molecular formula is C25H16Br2. The highest BCUT2D eigenvalue weighted by molar-refractivity contribution is 9.10. The van der Waals surface area contributed by atoms with Gasteiger partial charge >= 0.3 is 0 Å². The molecule has 3 aliphatic rings. The van der Waals surface area contributed by atoms with Gasteiger partial charge in [-0.25, -0.2) is 0 Å². The maximum atomic E-state index is 3.74. The molecule has 0 heterocycles. The molecule has 0 fully saturated rings. The van der Waals surface area contributed by atoms with Crippen LogP contribution < -0.4 is 0 Å². The summed E-state index contributed by atoms with van der Waals surface area (Å²) in [6.45, 7) is 0. The average molecular weight is 476 g/mol. The van der Waals surface area contributed by atoms with E-state index >= 15 is 0 Å². The molecule has 0 saturated heterocycles. The lowest BCUT2D eigenvalue weighted by Gasteiger charge is -2.36.